The maximum atomic E-state index is 4.38. The summed E-state index contributed by atoms with van der Waals surface area (Å²) in [6.45, 7) is 7.76. The quantitative estimate of drug-likeness (QED) is 0.735. The lowest BCUT2D eigenvalue weighted by atomic mass is 10.2. The number of hydrogen-bond acceptors (Lipinski definition) is 3. The van der Waals surface area contributed by atoms with E-state index in [2.05, 4.69) is 41.2 Å². The number of hydrogen-bond donors (Lipinski definition) is 1. The van der Waals surface area contributed by atoms with Crippen LogP contribution in [0.2, 0.25) is 0 Å². The molecule has 1 fully saturated rings. The fourth-order valence-corrected chi connectivity index (χ4v) is 2.35. The summed E-state index contributed by atoms with van der Waals surface area (Å²) < 4.78 is 0. The minimum absolute atomic E-state index is 0.840. The molecule has 0 aromatic carbocycles. The van der Waals surface area contributed by atoms with Gasteiger partial charge >= 0.3 is 0 Å². The molecule has 0 unspecified atom stereocenters. The predicted molar refractivity (Wildman–Crippen MR) is 81.4 cm³/mol. The standard InChI is InChI=1S/C16H27N3/c1-3-5-11-19(15-6-7-15)13-14-8-10-18-16(12-14)17-9-4-2/h8,10,12,15H,3-7,9,11,13H2,1-2H3,(H,17,18). The van der Waals surface area contributed by atoms with Gasteiger partial charge in [-0.2, -0.15) is 0 Å². The maximum Gasteiger partial charge on any atom is 0.126 e. The van der Waals surface area contributed by atoms with Crippen molar-refractivity contribution < 1.29 is 0 Å². The molecule has 1 saturated carbocycles. The van der Waals surface area contributed by atoms with E-state index in [0.717, 1.165) is 31.4 Å². The molecular weight excluding hydrogens is 234 g/mol. The molecule has 3 nitrogen and oxygen atoms in total. The summed E-state index contributed by atoms with van der Waals surface area (Å²) in [6.07, 6.45) is 8.42. The van der Waals surface area contributed by atoms with Crippen LogP contribution in [0.4, 0.5) is 5.82 Å². The molecular formula is C16H27N3. The summed E-state index contributed by atoms with van der Waals surface area (Å²) in [4.78, 5) is 7.02. The van der Waals surface area contributed by atoms with Crippen molar-refractivity contribution in [3.8, 4) is 0 Å². The monoisotopic (exact) mass is 261 g/mol. The summed E-state index contributed by atoms with van der Waals surface area (Å²) in [5, 5.41) is 3.37. The third-order valence-corrected chi connectivity index (χ3v) is 3.63. The normalized spacial score (nSPS) is 14.9. The van der Waals surface area contributed by atoms with Crippen molar-refractivity contribution in [2.24, 2.45) is 0 Å². The summed E-state index contributed by atoms with van der Waals surface area (Å²) in [6, 6.07) is 5.20. The Morgan fingerprint density at radius 2 is 2.16 bits per heavy atom. The smallest absolute Gasteiger partial charge is 0.126 e. The van der Waals surface area contributed by atoms with Crippen molar-refractivity contribution in [1.82, 2.24) is 9.88 Å². The number of rotatable bonds is 9. The van der Waals surface area contributed by atoms with Crippen molar-refractivity contribution in [2.45, 2.75) is 58.5 Å². The molecule has 2 rings (SSSR count). The van der Waals surface area contributed by atoms with Crippen LogP contribution in [0.5, 0.6) is 0 Å². The van der Waals surface area contributed by atoms with Gasteiger partial charge in [0, 0.05) is 25.3 Å². The average Bonchev–Trinajstić information content (AvgIpc) is 3.26. The fraction of sp³-hybridized carbons (Fsp3) is 0.688. The second-order valence-corrected chi connectivity index (χ2v) is 5.53. The Labute approximate surface area is 117 Å². The zero-order valence-electron chi connectivity index (χ0n) is 12.4. The van der Waals surface area contributed by atoms with E-state index < -0.39 is 0 Å². The lowest BCUT2D eigenvalue weighted by Gasteiger charge is -2.22. The number of nitrogens with one attached hydrogen (secondary N) is 1. The highest BCUT2D eigenvalue weighted by Gasteiger charge is 2.28. The van der Waals surface area contributed by atoms with E-state index in [1.165, 1.54) is 37.8 Å². The van der Waals surface area contributed by atoms with Crippen molar-refractivity contribution >= 4 is 5.82 Å². The third kappa shape index (κ3) is 4.83. The van der Waals surface area contributed by atoms with Gasteiger partial charge in [0.25, 0.3) is 0 Å². The Balaban J connectivity index is 1.92. The summed E-state index contributed by atoms with van der Waals surface area (Å²) in [7, 11) is 0. The molecule has 3 heteroatoms. The van der Waals surface area contributed by atoms with Crippen LogP contribution >= 0.6 is 0 Å². The van der Waals surface area contributed by atoms with Gasteiger partial charge in [0.2, 0.25) is 0 Å². The topological polar surface area (TPSA) is 28.2 Å². The van der Waals surface area contributed by atoms with Crippen LogP contribution in [0.3, 0.4) is 0 Å². The predicted octanol–water partition coefficient (Wildman–Crippen LogP) is 3.67. The van der Waals surface area contributed by atoms with Crippen LogP contribution < -0.4 is 5.32 Å². The number of anilines is 1. The van der Waals surface area contributed by atoms with Crippen molar-refractivity contribution in [3.05, 3.63) is 23.9 Å². The molecule has 0 spiro atoms. The van der Waals surface area contributed by atoms with Gasteiger partial charge in [-0.15, -0.1) is 0 Å². The average molecular weight is 261 g/mol. The fourth-order valence-electron chi connectivity index (χ4n) is 2.35. The molecule has 19 heavy (non-hydrogen) atoms. The Morgan fingerprint density at radius 3 is 2.84 bits per heavy atom. The van der Waals surface area contributed by atoms with E-state index in [0.29, 0.717) is 0 Å². The number of aromatic nitrogens is 1. The molecule has 0 aliphatic heterocycles. The first-order valence-electron chi connectivity index (χ1n) is 7.76. The molecule has 1 heterocycles. The molecule has 0 atom stereocenters. The first kappa shape index (κ1) is 14.3. The minimum Gasteiger partial charge on any atom is -0.370 e. The Morgan fingerprint density at radius 1 is 1.32 bits per heavy atom. The van der Waals surface area contributed by atoms with E-state index >= 15 is 0 Å². The number of nitrogens with zero attached hydrogens (tertiary/aromatic N) is 2. The second-order valence-electron chi connectivity index (χ2n) is 5.53. The highest BCUT2D eigenvalue weighted by Crippen LogP contribution is 2.28. The van der Waals surface area contributed by atoms with Gasteiger partial charge in [0.05, 0.1) is 0 Å². The van der Waals surface area contributed by atoms with Crippen LogP contribution in [0.25, 0.3) is 0 Å². The van der Waals surface area contributed by atoms with Crippen LogP contribution in [-0.2, 0) is 6.54 Å². The van der Waals surface area contributed by atoms with E-state index in [4.69, 9.17) is 0 Å². The lowest BCUT2D eigenvalue weighted by molar-refractivity contribution is 0.250. The van der Waals surface area contributed by atoms with E-state index in [-0.39, 0.29) is 0 Å². The summed E-state index contributed by atoms with van der Waals surface area (Å²) in [5.74, 6) is 1.02. The second kappa shape index (κ2) is 7.49. The summed E-state index contributed by atoms with van der Waals surface area (Å²) >= 11 is 0. The molecule has 1 N–H and O–H groups in total. The van der Waals surface area contributed by atoms with E-state index in [1.54, 1.807) is 0 Å². The van der Waals surface area contributed by atoms with Crippen molar-refractivity contribution in [2.75, 3.05) is 18.4 Å². The van der Waals surface area contributed by atoms with Gasteiger partial charge in [0.15, 0.2) is 0 Å². The molecule has 1 aromatic heterocycles. The first-order valence-corrected chi connectivity index (χ1v) is 7.76. The zero-order chi connectivity index (χ0) is 13.5. The van der Waals surface area contributed by atoms with Crippen molar-refractivity contribution in [3.63, 3.8) is 0 Å². The molecule has 0 bridgehead atoms. The number of pyridine rings is 1. The van der Waals surface area contributed by atoms with Crippen LogP contribution in [-0.4, -0.2) is 29.0 Å². The Hall–Kier alpha value is -1.09. The SMILES string of the molecule is CCCCN(Cc1ccnc(NCCC)c1)C1CC1. The first-order chi connectivity index (χ1) is 9.33. The zero-order valence-corrected chi connectivity index (χ0v) is 12.4. The van der Waals surface area contributed by atoms with E-state index in [9.17, 15) is 0 Å². The van der Waals surface area contributed by atoms with Gasteiger partial charge in [-0.1, -0.05) is 20.3 Å². The Kier molecular flexibility index (Phi) is 5.64. The van der Waals surface area contributed by atoms with Gasteiger partial charge in [-0.05, 0) is 49.9 Å². The molecule has 106 valence electrons. The third-order valence-electron chi connectivity index (χ3n) is 3.63. The largest absolute Gasteiger partial charge is 0.370 e. The number of unbranched alkanes of at least 4 members (excludes halogenated alkanes) is 1. The van der Waals surface area contributed by atoms with Gasteiger partial charge in [0.1, 0.15) is 5.82 Å². The molecule has 1 aliphatic rings. The highest BCUT2D eigenvalue weighted by molar-refractivity contribution is 5.37. The van der Waals surface area contributed by atoms with Crippen LogP contribution in [0.1, 0.15) is 51.5 Å². The molecule has 1 aromatic rings. The summed E-state index contributed by atoms with van der Waals surface area (Å²) in [5.41, 5.74) is 1.39. The van der Waals surface area contributed by atoms with Gasteiger partial charge in [-0.25, -0.2) is 4.98 Å². The molecule has 1 aliphatic carbocycles. The highest BCUT2D eigenvalue weighted by atomic mass is 15.2. The Bertz CT molecular complexity index is 374. The maximum absolute atomic E-state index is 4.38. The molecule has 0 saturated heterocycles. The van der Waals surface area contributed by atoms with Crippen LogP contribution in [0.15, 0.2) is 18.3 Å². The molecule has 0 amide bonds. The van der Waals surface area contributed by atoms with Gasteiger partial charge < -0.3 is 5.32 Å². The molecule has 0 radical (unpaired) electrons. The van der Waals surface area contributed by atoms with Gasteiger partial charge in [-0.3, -0.25) is 4.90 Å². The minimum atomic E-state index is 0.840. The lowest BCUT2D eigenvalue weighted by Crippen LogP contribution is -2.26. The van der Waals surface area contributed by atoms with Crippen LogP contribution in [0, 0.1) is 0 Å². The van der Waals surface area contributed by atoms with Crippen molar-refractivity contribution in [1.29, 1.82) is 0 Å². The van der Waals surface area contributed by atoms with E-state index in [1.807, 2.05) is 6.20 Å².